The van der Waals surface area contributed by atoms with E-state index in [0.717, 1.165) is 0 Å². The van der Waals surface area contributed by atoms with Gasteiger partial charge in [-0.2, -0.15) is 0 Å². The van der Waals surface area contributed by atoms with Crippen molar-refractivity contribution in [1.29, 1.82) is 0 Å². The first kappa shape index (κ1) is 26.0. The Morgan fingerprint density at radius 2 is 1.36 bits per heavy atom. The number of amides is 1. The number of ether oxygens (including phenoxy) is 1. The minimum Gasteiger partial charge on any atom is -0.378 e. The van der Waals surface area contributed by atoms with E-state index in [-0.39, 0.29) is 21.4 Å². The number of rotatable bonds is 8. The van der Waals surface area contributed by atoms with Gasteiger partial charge in [-0.05, 0) is 60.9 Å². The van der Waals surface area contributed by atoms with Crippen molar-refractivity contribution >= 4 is 49.1 Å². The van der Waals surface area contributed by atoms with Gasteiger partial charge in [-0.25, -0.2) is 16.8 Å². The van der Waals surface area contributed by atoms with Crippen molar-refractivity contribution in [3.63, 3.8) is 0 Å². The summed E-state index contributed by atoms with van der Waals surface area (Å²) in [5, 5.41) is 0. The lowest BCUT2D eigenvalue weighted by molar-refractivity contribution is 0.0300. The van der Waals surface area contributed by atoms with Crippen LogP contribution in [0.15, 0.2) is 87.5 Å². The fraction of sp³-hybridized carbons (Fsp3) is 0.208. The van der Waals surface area contributed by atoms with Gasteiger partial charge in [-0.15, -0.1) is 11.8 Å². The second-order valence-corrected chi connectivity index (χ2v) is 12.1. The van der Waals surface area contributed by atoms with Crippen molar-refractivity contribution in [2.24, 2.45) is 0 Å². The molecule has 0 saturated carbocycles. The molecule has 9 nitrogen and oxygen atoms in total. The van der Waals surface area contributed by atoms with E-state index in [0.29, 0.717) is 42.4 Å². The number of carbonyl (C=O) groups is 1. The molecule has 36 heavy (non-hydrogen) atoms. The van der Waals surface area contributed by atoms with Gasteiger partial charge < -0.3 is 9.64 Å². The molecule has 190 valence electrons. The monoisotopic (exact) mass is 547 g/mol. The molecule has 0 radical (unpaired) electrons. The van der Waals surface area contributed by atoms with Crippen LogP contribution < -0.4 is 9.44 Å². The second kappa shape index (κ2) is 10.9. The van der Waals surface area contributed by atoms with Crippen LogP contribution in [0.4, 0.5) is 11.4 Å². The highest BCUT2D eigenvalue weighted by Gasteiger charge is 2.24. The minimum absolute atomic E-state index is 0.0166. The molecule has 1 heterocycles. The number of benzene rings is 3. The molecule has 0 bridgehead atoms. The molecule has 2 N–H and O–H groups in total. The van der Waals surface area contributed by atoms with E-state index < -0.39 is 20.0 Å². The summed E-state index contributed by atoms with van der Waals surface area (Å²) in [6.45, 7) is 1.76. The number of anilines is 2. The summed E-state index contributed by atoms with van der Waals surface area (Å²) in [5.74, 6) is -0.250. The summed E-state index contributed by atoms with van der Waals surface area (Å²) < 4.78 is 61.6. The number of sulfonamides is 2. The van der Waals surface area contributed by atoms with Crippen LogP contribution in [-0.2, 0) is 24.8 Å². The molecule has 1 amide bonds. The van der Waals surface area contributed by atoms with E-state index >= 15 is 0 Å². The smallest absolute Gasteiger partial charge is 0.261 e. The van der Waals surface area contributed by atoms with Crippen LogP contribution in [0.3, 0.4) is 0 Å². The Labute approximate surface area is 215 Å². The number of nitrogens with zero attached hydrogens (tertiary/aromatic N) is 1. The first-order valence-corrected chi connectivity index (χ1v) is 15.1. The molecular formula is C24H25N3O6S3. The quantitative estimate of drug-likeness (QED) is 0.414. The van der Waals surface area contributed by atoms with E-state index in [4.69, 9.17) is 4.74 Å². The maximum absolute atomic E-state index is 13.1. The van der Waals surface area contributed by atoms with E-state index in [1.807, 2.05) is 6.26 Å². The molecule has 0 aliphatic carbocycles. The second-order valence-electron chi connectivity index (χ2n) is 7.87. The van der Waals surface area contributed by atoms with Crippen molar-refractivity contribution in [2.75, 3.05) is 42.0 Å². The van der Waals surface area contributed by atoms with Gasteiger partial charge in [-0.3, -0.25) is 14.2 Å². The molecule has 0 atom stereocenters. The predicted octanol–water partition coefficient (Wildman–Crippen LogP) is 3.48. The Balaban J connectivity index is 1.53. The molecule has 1 aliphatic rings. The molecule has 1 fully saturated rings. The van der Waals surface area contributed by atoms with Gasteiger partial charge in [-0.1, -0.05) is 18.2 Å². The standard InChI is InChI=1S/C24H25N3O6S3/c1-34-23-12-11-21(17-22(23)24(28)27-13-15-33-16-14-27)36(31,32)26-19-7-9-20(10-8-19)35(29,30)25-18-5-3-2-4-6-18/h2-12,17,25-26H,13-16H2,1H3. The number of para-hydroxylation sites is 1. The fourth-order valence-electron chi connectivity index (χ4n) is 3.59. The number of carbonyl (C=O) groups excluding carboxylic acids is 1. The van der Waals surface area contributed by atoms with Crippen molar-refractivity contribution < 1.29 is 26.4 Å². The van der Waals surface area contributed by atoms with E-state index in [1.165, 1.54) is 48.2 Å². The summed E-state index contributed by atoms with van der Waals surface area (Å²) in [7, 11) is -7.88. The summed E-state index contributed by atoms with van der Waals surface area (Å²) in [5.41, 5.74) is 0.905. The van der Waals surface area contributed by atoms with Crippen molar-refractivity contribution in [3.8, 4) is 0 Å². The van der Waals surface area contributed by atoms with Crippen LogP contribution in [0.25, 0.3) is 0 Å². The Hall–Kier alpha value is -3.06. The SMILES string of the molecule is CSc1ccc(S(=O)(=O)Nc2ccc(S(=O)(=O)Nc3ccccc3)cc2)cc1C(=O)N1CCOCC1. The molecule has 12 heteroatoms. The molecular weight excluding hydrogens is 522 g/mol. The lowest BCUT2D eigenvalue weighted by atomic mass is 10.2. The van der Waals surface area contributed by atoms with Gasteiger partial charge in [0.25, 0.3) is 26.0 Å². The van der Waals surface area contributed by atoms with Gasteiger partial charge in [0.05, 0.1) is 28.6 Å². The third kappa shape index (κ3) is 6.01. The van der Waals surface area contributed by atoms with Crippen molar-refractivity contribution in [2.45, 2.75) is 14.7 Å². The van der Waals surface area contributed by atoms with Gasteiger partial charge >= 0.3 is 0 Å². The molecule has 1 aliphatic heterocycles. The highest BCUT2D eigenvalue weighted by Crippen LogP contribution is 2.27. The topological polar surface area (TPSA) is 122 Å². The largest absolute Gasteiger partial charge is 0.378 e. The predicted molar refractivity (Wildman–Crippen MR) is 139 cm³/mol. The zero-order valence-electron chi connectivity index (χ0n) is 19.4. The van der Waals surface area contributed by atoms with Crippen molar-refractivity contribution in [1.82, 2.24) is 4.90 Å². The van der Waals surface area contributed by atoms with Crippen LogP contribution >= 0.6 is 11.8 Å². The summed E-state index contributed by atoms with van der Waals surface area (Å²) in [6, 6.07) is 18.2. The zero-order chi connectivity index (χ0) is 25.8. The Kier molecular flexibility index (Phi) is 7.88. The first-order valence-electron chi connectivity index (χ1n) is 11.0. The van der Waals surface area contributed by atoms with Crippen LogP contribution in [0.5, 0.6) is 0 Å². The lowest BCUT2D eigenvalue weighted by Crippen LogP contribution is -2.40. The van der Waals surface area contributed by atoms with E-state index in [2.05, 4.69) is 9.44 Å². The molecule has 1 saturated heterocycles. The van der Waals surface area contributed by atoms with Gasteiger partial charge in [0.15, 0.2) is 0 Å². The summed E-state index contributed by atoms with van der Waals surface area (Å²) >= 11 is 1.36. The maximum atomic E-state index is 13.1. The van der Waals surface area contributed by atoms with Crippen LogP contribution in [0.2, 0.25) is 0 Å². The summed E-state index contributed by atoms with van der Waals surface area (Å²) in [4.78, 5) is 15.3. The molecule has 4 rings (SSSR count). The van der Waals surface area contributed by atoms with Crippen LogP contribution in [0, 0.1) is 0 Å². The van der Waals surface area contributed by atoms with Crippen molar-refractivity contribution in [3.05, 3.63) is 78.4 Å². The first-order chi connectivity index (χ1) is 17.2. The average molecular weight is 548 g/mol. The molecule has 0 aromatic heterocycles. The Morgan fingerprint density at radius 1 is 0.806 bits per heavy atom. The van der Waals surface area contributed by atoms with E-state index in [9.17, 15) is 21.6 Å². The highest BCUT2D eigenvalue weighted by atomic mass is 32.2. The number of hydrogen-bond donors (Lipinski definition) is 2. The van der Waals surface area contributed by atoms with Crippen LogP contribution in [-0.4, -0.2) is 60.2 Å². The number of hydrogen-bond acceptors (Lipinski definition) is 7. The highest BCUT2D eigenvalue weighted by molar-refractivity contribution is 7.98. The number of morpholine rings is 1. The normalized spacial score (nSPS) is 14.3. The Morgan fingerprint density at radius 3 is 1.97 bits per heavy atom. The minimum atomic E-state index is -4.04. The summed E-state index contributed by atoms with van der Waals surface area (Å²) in [6.07, 6.45) is 1.82. The van der Waals surface area contributed by atoms with Gasteiger partial charge in [0.2, 0.25) is 0 Å². The number of thioether (sulfide) groups is 1. The molecule has 3 aromatic rings. The lowest BCUT2D eigenvalue weighted by Gasteiger charge is -2.27. The molecule has 0 spiro atoms. The third-order valence-corrected chi connectivity index (χ3v) is 9.02. The Bertz CT molecular complexity index is 1440. The molecule has 0 unspecified atom stereocenters. The average Bonchev–Trinajstić information content (AvgIpc) is 2.89. The van der Waals surface area contributed by atoms with Gasteiger partial charge in [0.1, 0.15) is 0 Å². The fourth-order valence-corrected chi connectivity index (χ4v) is 6.31. The van der Waals surface area contributed by atoms with E-state index in [1.54, 1.807) is 41.3 Å². The van der Waals surface area contributed by atoms with Crippen LogP contribution in [0.1, 0.15) is 10.4 Å². The zero-order valence-corrected chi connectivity index (χ0v) is 21.8. The number of nitrogens with one attached hydrogen (secondary N) is 2. The third-order valence-electron chi connectivity index (χ3n) is 5.45. The van der Waals surface area contributed by atoms with Gasteiger partial charge in [0, 0.05) is 29.4 Å². The maximum Gasteiger partial charge on any atom is 0.261 e. The molecule has 3 aromatic carbocycles.